The maximum Gasteiger partial charge on any atom is 0.275 e. The number of pyridine rings is 1. The molecule has 0 unspecified atom stereocenters. The van der Waals surface area contributed by atoms with Gasteiger partial charge in [0, 0.05) is 35.3 Å². The lowest BCUT2D eigenvalue weighted by Gasteiger charge is -2.03. The van der Waals surface area contributed by atoms with Gasteiger partial charge in [0.05, 0.1) is 11.9 Å². The predicted octanol–water partition coefficient (Wildman–Crippen LogP) is 2.14. The first-order chi connectivity index (χ1) is 11.7. The molecule has 4 heterocycles. The first-order valence-corrected chi connectivity index (χ1v) is 7.75. The molecular weight excluding hydrogens is 304 g/mol. The van der Waals surface area contributed by atoms with Crippen molar-refractivity contribution in [3.63, 3.8) is 0 Å². The lowest BCUT2D eigenvalue weighted by Crippen LogP contribution is -2.20. The van der Waals surface area contributed by atoms with Crippen molar-refractivity contribution in [1.29, 1.82) is 0 Å². The van der Waals surface area contributed by atoms with E-state index >= 15 is 0 Å². The van der Waals surface area contributed by atoms with Crippen LogP contribution >= 0.6 is 0 Å². The molecule has 0 bridgehead atoms. The van der Waals surface area contributed by atoms with Crippen LogP contribution in [-0.4, -0.2) is 29.4 Å². The number of H-pyrrole nitrogens is 1. The average molecular weight is 320 g/mol. The summed E-state index contributed by atoms with van der Waals surface area (Å²) in [6.45, 7) is 3.80. The van der Waals surface area contributed by atoms with Crippen LogP contribution in [0, 0.1) is 6.92 Å². The van der Waals surface area contributed by atoms with Crippen molar-refractivity contribution in [1.82, 2.24) is 29.4 Å². The van der Waals surface area contributed by atoms with Crippen LogP contribution < -0.4 is 5.56 Å². The second kappa shape index (κ2) is 5.45. The van der Waals surface area contributed by atoms with E-state index < -0.39 is 0 Å². The molecule has 4 aromatic heterocycles. The van der Waals surface area contributed by atoms with E-state index in [4.69, 9.17) is 0 Å². The van der Waals surface area contributed by atoms with Gasteiger partial charge >= 0.3 is 0 Å². The number of aryl methyl sites for hydroxylation is 1. The zero-order chi connectivity index (χ0) is 16.7. The van der Waals surface area contributed by atoms with Crippen molar-refractivity contribution in [3.8, 4) is 16.9 Å². The third-order valence-electron chi connectivity index (χ3n) is 4.10. The van der Waals surface area contributed by atoms with Gasteiger partial charge < -0.3 is 0 Å². The number of fused-ring (bicyclic) bond motifs is 1. The quantitative estimate of drug-likeness (QED) is 0.627. The molecule has 0 saturated carbocycles. The molecule has 0 spiro atoms. The molecule has 7 nitrogen and oxygen atoms in total. The number of aromatic nitrogens is 6. The van der Waals surface area contributed by atoms with Crippen molar-refractivity contribution in [2.45, 2.75) is 20.3 Å². The molecule has 120 valence electrons. The number of aromatic amines is 1. The summed E-state index contributed by atoms with van der Waals surface area (Å²) in [7, 11) is 0. The van der Waals surface area contributed by atoms with Crippen LogP contribution in [0.25, 0.3) is 22.6 Å². The fourth-order valence-corrected chi connectivity index (χ4v) is 2.78. The van der Waals surface area contributed by atoms with Gasteiger partial charge in [-0.3, -0.25) is 9.89 Å². The smallest absolute Gasteiger partial charge is 0.275 e. The van der Waals surface area contributed by atoms with Crippen LogP contribution in [-0.2, 0) is 6.42 Å². The van der Waals surface area contributed by atoms with E-state index in [9.17, 15) is 4.79 Å². The van der Waals surface area contributed by atoms with Gasteiger partial charge in [0.2, 0.25) is 0 Å². The SMILES string of the molecule is CCc1nc2c(-c3cnn(-c4ccccn4)c3)c[nH]n2c(=O)c1C. The summed E-state index contributed by atoms with van der Waals surface area (Å²) in [6.07, 6.45) is 7.84. The van der Waals surface area contributed by atoms with Crippen molar-refractivity contribution < 1.29 is 0 Å². The van der Waals surface area contributed by atoms with Crippen molar-refractivity contribution >= 4 is 5.65 Å². The molecule has 1 N–H and O–H groups in total. The Morgan fingerprint density at radius 2 is 2.17 bits per heavy atom. The standard InChI is InChI=1S/C17H16N6O/c1-3-14-11(2)17(24)23-16(21-14)13(9-20-23)12-8-19-22(10-12)15-6-4-5-7-18-15/h4-10,20H,3H2,1-2H3. The highest BCUT2D eigenvalue weighted by atomic mass is 16.1. The van der Waals surface area contributed by atoms with Gasteiger partial charge in [-0.05, 0) is 25.5 Å². The molecule has 0 aliphatic carbocycles. The van der Waals surface area contributed by atoms with E-state index in [1.54, 1.807) is 30.2 Å². The van der Waals surface area contributed by atoms with Gasteiger partial charge in [0.15, 0.2) is 11.5 Å². The largest absolute Gasteiger partial charge is 0.296 e. The molecule has 4 aromatic rings. The van der Waals surface area contributed by atoms with E-state index in [0.29, 0.717) is 11.2 Å². The minimum atomic E-state index is -0.0692. The summed E-state index contributed by atoms with van der Waals surface area (Å²) in [6, 6.07) is 5.65. The van der Waals surface area contributed by atoms with E-state index in [-0.39, 0.29) is 5.56 Å². The Labute approximate surface area is 137 Å². The second-order valence-electron chi connectivity index (χ2n) is 5.55. The monoisotopic (exact) mass is 320 g/mol. The molecule has 0 atom stereocenters. The van der Waals surface area contributed by atoms with Gasteiger partial charge in [0.25, 0.3) is 5.56 Å². The summed E-state index contributed by atoms with van der Waals surface area (Å²) in [5.41, 5.74) is 3.75. The summed E-state index contributed by atoms with van der Waals surface area (Å²) in [4.78, 5) is 21.4. The average Bonchev–Trinajstić information content (AvgIpc) is 3.25. The van der Waals surface area contributed by atoms with Gasteiger partial charge in [-0.1, -0.05) is 13.0 Å². The Morgan fingerprint density at radius 3 is 2.92 bits per heavy atom. The fourth-order valence-electron chi connectivity index (χ4n) is 2.78. The van der Waals surface area contributed by atoms with Gasteiger partial charge in [-0.2, -0.15) is 5.10 Å². The summed E-state index contributed by atoms with van der Waals surface area (Å²) >= 11 is 0. The first kappa shape index (κ1) is 14.4. The van der Waals surface area contributed by atoms with E-state index in [2.05, 4.69) is 20.2 Å². The van der Waals surface area contributed by atoms with Crippen LogP contribution in [0.1, 0.15) is 18.2 Å². The third-order valence-corrected chi connectivity index (χ3v) is 4.10. The maximum atomic E-state index is 12.4. The fraction of sp³-hybridized carbons (Fsp3) is 0.176. The zero-order valence-electron chi connectivity index (χ0n) is 13.4. The van der Waals surface area contributed by atoms with Crippen LogP contribution in [0.15, 0.2) is 47.8 Å². The second-order valence-corrected chi connectivity index (χ2v) is 5.55. The first-order valence-electron chi connectivity index (χ1n) is 7.75. The molecule has 0 aliphatic heterocycles. The molecule has 0 radical (unpaired) electrons. The maximum absolute atomic E-state index is 12.4. The van der Waals surface area contributed by atoms with Crippen molar-refractivity contribution in [3.05, 3.63) is 64.6 Å². The topological polar surface area (TPSA) is 80.9 Å². The third kappa shape index (κ3) is 2.13. The van der Waals surface area contributed by atoms with Crippen LogP contribution in [0.4, 0.5) is 0 Å². The summed E-state index contributed by atoms with van der Waals surface area (Å²) < 4.78 is 3.17. The molecule has 0 aromatic carbocycles. The Balaban J connectivity index is 1.88. The highest BCUT2D eigenvalue weighted by Crippen LogP contribution is 2.23. The Kier molecular flexibility index (Phi) is 3.26. The summed E-state index contributed by atoms with van der Waals surface area (Å²) in [5.74, 6) is 0.735. The number of rotatable bonds is 3. The lowest BCUT2D eigenvalue weighted by atomic mass is 10.2. The number of nitrogens with zero attached hydrogens (tertiary/aromatic N) is 5. The highest BCUT2D eigenvalue weighted by molar-refractivity contribution is 5.76. The van der Waals surface area contributed by atoms with Crippen LogP contribution in [0.2, 0.25) is 0 Å². The lowest BCUT2D eigenvalue weighted by molar-refractivity contribution is 0.847. The molecule has 0 fully saturated rings. The van der Waals surface area contributed by atoms with Gasteiger partial charge in [-0.15, -0.1) is 0 Å². The Hall–Kier alpha value is -3.22. The molecule has 4 rings (SSSR count). The molecule has 0 saturated heterocycles. The molecule has 0 amide bonds. The van der Waals surface area contributed by atoms with E-state index in [1.165, 1.54) is 4.52 Å². The number of hydrogen-bond donors (Lipinski definition) is 1. The van der Waals surface area contributed by atoms with Crippen LogP contribution in [0.5, 0.6) is 0 Å². The van der Waals surface area contributed by atoms with Crippen molar-refractivity contribution in [2.24, 2.45) is 0 Å². The normalized spacial score (nSPS) is 11.2. The van der Waals surface area contributed by atoms with Crippen molar-refractivity contribution in [2.75, 3.05) is 0 Å². The number of hydrogen-bond acceptors (Lipinski definition) is 4. The number of nitrogens with one attached hydrogen (secondary N) is 1. The van der Waals surface area contributed by atoms with E-state index in [0.717, 1.165) is 29.1 Å². The van der Waals surface area contributed by atoms with Gasteiger partial charge in [0.1, 0.15) is 0 Å². The zero-order valence-corrected chi connectivity index (χ0v) is 13.4. The van der Waals surface area contributed by atoms with E-state index in [1.807, 2.05) is 31.3 Å². The highest BCUT2D eigenvalue weighted by Gasteiger charge is 2.15. The van der Waals surface area contributed by atoms with Crippen LogP contribution in [0.3, 0.4) is 0 Å². The minimum Gasteiger partial charge on any atom is -0.296 e. The molecule has 0 aliphatic rings. The Morgan fingerprint density at radius 1 is 1.29 bits per heavy atom. The summed E-state index contributed by atoms with van der Waals surface area (Å²) in [5, 5.41) is 7.34. The minimum absolute atomic E-state index is 0.0692. The molecule has 7 heteroatoms. The predicted molar refractivity (Wildman–Crippen MR) is 90.3 cm³/mol. The van der Waals surface area contributed by atoms with Gasteiger partial charge in [-0.25, -0.2) is 19.2 Å². The molecule has 24 heavy (non-hydrogen) atoms. The molecular formula is C17H16N6O. The Bertz CT molecular complexity index is 1070.